The molecule has 1 saturated heterocycles. The molecular weight excluding hydrogens is 439 g/mol. The predicted molar refractivity (Wildman–Crippen MR) is 112 cm³/mol. The molecule has 0 amide bonds. The molecule has 0 saturated carbocycles. The molecule has 1 aliphatic heterocycles. The van der Waals surface area contributed by atoms with Crippen LogP contribution in [0.4, 0.5) is 0 Å². The molecular formula is C16H29N2O8PSSi. The monoisotopic (exact) mass is 468 g/mol. The van der Waals surface area contributed by atoms with Crippen LogP contribution in [-0.4, -0.2) is 51.3 Å². The first kappa shape index (κ1) is 24.6. The van der Waals surface area contributed by atoms with Crippen molar-refractivity contribution in [1.82, 2.24) is 9.55 Å². The van der Waals surface area contributed by atoms with Crippen molar-refractivity contribution in [3.63, 3.8) is 0 Å². The zero-order valence-corrected chi connectivity index (χ0v) is 20.0. The van der Waals surface area contributed by atoms with E-state index < -0.39 is 51.0 Å². The summed E-state index contributed by atoms with van der Waals surface area (Å²) in [6.07, 6.45) is -2.89. The van der Waals surface area contributed by atoms with Gasteiger partial charge in [0.05, 0.1) is 6.10 Å². The maximum Gasteiger partial charge on any atom is 0.330 e. The minimum absolute atomic E-state index is 0.143. The Labute approximate surface area is 174 Å². The van der Waals surface area contributed by atoms with Crippen molar-refractivity contribution in [3.05, 3.63) is 32.6 Å². The highest BCUT2D eigenvalue weighted by atomic mass is 32.5. The Morgan fingerprint density at radius 1 is 1.38 bits per heavy atom. The van der Waals surface area contributed by atoms with Gasteiger partial charge in [-0.15, -0.1) is 0 Å². The van der Waals surface area contributed by atoms with E-state index in [2.05, 4.69) is 16.8 Å². The summed E-state index contributed by atoms with van der Waals surface area (Å²) in [5.41, 5.74) is -0.849. The number of aliphatic hydroxyl groups is 1. The maximum atomic E-state index is 12.2. The molecule has 13 heteroatoms. The predicted octanol–water partition coefficient (Wildman–Crippen LogP) is 1.07. The van der Waals surface area contributed by atoms with Gasteiger partial charge in [-0.05, 0) is 36.9 Å². The molecule has 0 radical (unpaired) electrons. The van der Waals surface area contributed by atoms with Gasteiger partial charge < -0.3 is 24.1 Å². The first-order valence-electron chi connectivity index (χ1n) is 9.09. The van der Waals surface area contributed by atoms with Crippen LogP contribution < -0.4 is 11.2 Å². The van der Waals surface area contributed by atoms with Gasteiger partial charge in [-0.2, -0.15) is 0 Å². The lowest BCUT2D eigenvalue weighted by atomic mass is 10.2. The van der Waals surface area contributed by atoms with Gasteiger partial charge in [0.2, 0.25) is 0 Å². The minimum Gasteiger partial charge on any atom is -0.411 e. The Morgan fingerprint density at radius 3 is 2.48 bits per heavy atom. The molecule has 0 aromatic carbocycles. The highest BCUT2D eigenvalue weighted by molar-refractivity contribution is 8.06. The second-order valence-electron chi connectivity index (χ2n) is 8.67. The van der Waals surface area contributed by atoms with Gasteiger partial charge in [-0.3, -0.25) is 18.9 Å². The molecule has 0 spiro atoms. The van der Waals surface area contributed by atoms with Crippen LogP contribution in [0.3, 0.4) is 0 Å². The van der Waals surface area contributed by atoms with E-state index in [1.165, 1.54) is 10.8 Å². The first-order valence-corrected chi connectivity index (χ1v) is 14.6. The van der Waals surface area contributed by atoms with Gasteiger partial charge in [0.25, 0.3) is 5.56 Å². The van der Waals surface area contributed by atoms with Crippen LogP contribution in [0.15, 0.2) is 15.8 Å². The number of H-pyrrole nitrogens is 1. The lowest BCUT2D eigenvalue weighted by Crippen LogP contribution is -2.48. The van der Waals surface area contributed by atoms with Crippen molar-refractivity contribution in [1.29, 1.82) is 0 Å². The van der Waals surface area contributed by atoms with E-state index in [1.807, 2.05) is 33.9 Å². The molecule has 4 atom stereocenters. The summed E-state index contributed by atoms with van der Waals surface area (Å²) < 4.78 is 18.1. The molecule has 0 aliphatic carbocycles. The lowest BCUT2D eigenvalue weighted by Gasteiger charge is -2.39. The van der Waals surface area contributed by atoms with E-state index in [0.29, 0.717) is 5.56 Å². The average Bonchev–Trinajstić information content (AvgIpc) is 2.91. The number of nitrogens with zero attached hydrogens (tertiary/aromatic N) is 1. The molecule has 4 N–H and O–H groups in total. The van der Waals surface area contributed by atoms with Crippen LogP contribution in [0.25, 0.3) is 0 Å². The fourth-order valence-corrected chi connectivity index (χ4v) is 4.77. The molecule has 0 bridgehead atoms. The molecule has 166 valence electrons. The SMILES string of the molecule is Cc1cn([C@H]2C[C@H](O[Si](C)(C)C(C)(C)C)[C@@H](C(O)OP(O)(O)=S)O2)c(=O)[nH]c1=O. The average molecular weight is 469 g/mol. The van der Waals surface area contributed by atoms with Crippen molar-refractivity contribution >= 4 is 26.8 Å². The van der Waals surface area contributed by atoms with E-state index >= 15 is 0 Å². The van der Waals surface area contributed by atoms with Gasteiger partial charge in [0.15, 0.2) is 14.6 Å². The summed E-state index contributed by atoms with van der Waals surface area (Å²) in [5.74, 6) is 0. The molecule has 2 heterocycles. The summed E-state index contributed by atoms with van der Waals surface area (Å²) >= 11 is 4.44. The topological polar surface area (TPSA) is 143 Å². The second-order valence-corrected chi connectivity index (χ2v) is 16.0. The van der Waals surface area contributed by atoms with Gasteiger partial charge in [0.1, 0.15) is 12.3 Å². The second kappa shape index (κ2) is 8.44. The van der Waals surface area contributed by atoms with E-state index in [1.54, 1.807) is 6.92 Å². The van der Waals surface area contributed by atoms with Gasteiger partial charge in [0, 0.05) is 18.2 Å². The molecule has 10 nitrogen and oxygen atoms in total. The van der Waals surface area contributed by atoms with Gasteiger partial charge in [-0.1, -0.05) is 20.8 Å². The summed E-state index contributed by atoms with van der Waals surface area (Å²) in [6.45, 7) is 7.57. The molecule has 1 aromatic heterocycles. The zero-order chi connectivity index (χ0) is 22.4. The van der Waals surface area contributed by atoms with Crippen molar-refractivity contribution in [2.75, 3.05) is 0 Å². The van der Waals surface area contributed by atoms with Gasteiger partial charge >= 0.3 is 12.4 Å². The zero-order valence-electron chi connectivity index (χ0n) is 17.3. The van der Waals surface area contributed by atoms with Crippen LogP contribution in [0.5, 0.6) is 0 Å². The van der Waals surface area contributed by atoms with E-state index in [4.69, 9.17) is 13.7 Å². The maximum absolute atomic E-state index is 12.2. The van der Waals surface area contributed by atoms with E-state index in [-0.39, 0.29) is 11.5 Å². The third kappa shape index (κ3) is 5.93. The number of ether oxygens (including phenoxy) is 1. The fraction of sp³-hybridized carbons (Fsp3) is 0.750. The van der Waals surface area contributed by atoms with Gasteiger partial charge in [-0.25, -0.2) is 4.79 Å². The largest absolute Gasteiger partial charge is 0.411 e. The Balaban J connectivity index is 2.38. The van der Waals surface area contributed by atoms with Crippen LogP contribution >= 0.6 is 6.72 Å². The van der Waals surface area contributed by atoms with E-state index in [9.17, 15) is 24.5 Å². The summed E-state index contributed by atoms with van der Waals surface area (Å²) in [5, 5.41) is 10.2. The Bertz CT molecular complexity index is 905. The number of aliphatic hydroxyl groups excluding tert-OH is 1. The number of hydrogen-bond donors (Lipinski definition) is 4. The summed E-state index contributed by atoms with van der Waals surface area (Å²) in [4.78, 5) is 44.9. The highest BCUT2D eigenvalue weighted by Crippen LogP contribution is 2.44. The Hall–Kier alpha value is -0.693. The molecule has 29 heavy (non-hydrogen) atoms. The van der Waals surface area contributed by atoms with Crippen molar-refractivity contribution in [2.24, 2.45) is 0 Å². The van der Waals surface area contributed by atoms with Crippen molar-refractivity contribution < 1.29 is 28.6 Å². The minimum atomic E-state index is -4.16. The molecule has 1 aromatic rings. The number of aromatic nitrogens is 2. The molecule has 1 fully saturated rings. The fourth-order valence-electron chi connectivity index (χ4n) is 2.76. The third-order valence-electron chi connectivity index (χ3n) is 5.35. The van der Waals surface area contributed by atoms with E-state index in [0.717, 1.165) is 0 Å². The number of nitrogens with one attached hydrogen (secondary N) is 1. The number of hydrogen-bond acceptors (Lipinski definition) is 7. The van der Waals surface area contributed by atoms with Crippen LogP contribution in [0.2, 0.25) is 18.1 Å². The van der Waals surface area contributed by atoms with Crippen LogP contribution in [0.1, 0.15) is 39.0 Å². The summed E-state index contributed by atoms with van der Waals surface area (Å²) in [7, 11) is -2.31. The lowest BCUT2D eigenvalue weighted by molar-refractivity contribution is -0.156. The quantitative estimate of drug-likeness (QED) is 0.274. The first-order chi connectivity index (χ1) is 13.0. The molecule has 1 unspecified atom stereocenters. The molecule has 2 rings (SSSR count). The standard InChI is InChI=1S/C16H29N2O8PSSi/c1-9-8-18(15(21)17-13(9)19)11-7-10(26-29(5,6)16(2,3)4)12(24-11)14(20)25-27(22,23)28/h8,10-12,14,20H,7H2,1-6H3,(H,17,19,21)(H2,22,23,28)/t10-,11+,12-,14?/m0/s1. The Morgan fingerprint density at radius 2 is 1.97 bits per heavy atom. The van der Waals surface area contributed by atoms with Crippen LogP contribution in [-0.2, 0) is 25.5 Å². The Kier molecular flexibility index (Phi) is 7.16. The van der Waals surface area contributed by atoms with Crippen molar-refractivity contribution in [2.45, 2.75) is 77.0 Å². The third-order valence-corrected chi connectivity index (χ3v) is 10.6. The van der Waals surface area contributed by atoms with Crippen LogP contribution in [0, 0.1) is 6.92 Å². The number of aromatic amines is 1. The highest BCUT2D eigenvalue weighted by Gasteiger charge is 2.48. The summed E-state index contributed by atoms with van der Waals surface area (Å²) in [6, 6.07) is 0. The normalized spacial score (nSPS) is 24.7. The smallest absolute Gasteiger partial charge is 0.330 e. The number of aryl methyl sites for hydroxylation is 1. The van der Waals surface area contributed by atoms with Crippen molar-refractivity contribution in [3.8, 4) is 0 Å². The molecule has 1 aliphatic rings. The number of rotatable bonds is 6.